The number of hydrogen-bond donors (Lipinski definition) is 1. The number of hydrogen-bond acceptors (Lipinski definition) is 7. The van der Waals surface area contributed by atoms with Crippen molar-refractivity contribution in [2.75, 3.05) is 24.7 Å². The Labute approximate surface area is 148 Å². The molecule has 0 bridgehead atoms. The van der Waals surface area contributed by atoms with E-state index in [1.807, 2.05) is 19.0 Å². The minimum Gasteiger partial charge on any atom is -0.464 e. The molecule has 0 aromatic carbocycles. The third-order valence-corrected chi connectivity index (χ3v) is 5.01. The third kappa shape index (κ3) is 3.76. The molecule has 7 nitrogen and oxygen atoms in total. The van der Waals surface area contributed by atoms with E-state index in [4.69, 9.17) is 10.2 Å². The van der Waals surface area contributed by atoms with Gasteiger partial charge in [-0.3, -0.25) is 4.90 Å². The molecule has 2 aliphatic rings. The summed E-state index contributed by atoms with van der Waals surface area (Å²) in [6.45, 7) is 3.72. The molecule has 25 heavy (non-hydrogen) atoms. The minimum absolute atomic E-state index is 0.271. The molecule has 2 heterocycles. The summed E-state index contributed by atoms with van der Waals surface area (Å²) in [5, 5.41) is 0. The van der Waals surface area contributed by atoms with Crippen molar-refractivity contribution in [3.8, 4) is 0 Å². The van der Waals surface area contributed by atoms with Crippen molar-refractivity contribution in [2.24, 2.45) is 5.92 Å². The van der Waals surface area contributed by atoms with E-state index in [0.717, 1.165) is 24.0 Å². The van der Waals surface area contributed by atoms with Gasteiger partial charge in [0.15, 0.2) is 0 Å². The summed E-state index contributed by atoms with van der Waals surface area (Å²) < 4.78 is 6.08. The maximum atomic E-state index is 6.08. The normalized spacial score (nSPS) is 22.4. The molecular weight excluding hydrogens is 316 g/mol. The largest absolute Gasteiger partial charge is 0.464 e. The first-order valence-corrected chi connectivity index (χ1v) is 9.00. The highest BCUT2D eigenvalue weighted by atomic mass is 16.3. The topological polar surface area (TPSA) is 84.3 Å². The number of nitrogens with two attached hydrogens (primary N) is 1. The Balaban J connectivity index is 1.47. The molecule has 0 spiro atoms. The maximum absolute atomic E-state index is 6.08. The van der Waals surface area contributed by atoms with Crippen LogP contribution >= 0.6 is 0 Å². The van der Waals surface area contributed by atoms with Crippen LogP contribution in [0.5, 0.6) is 0 Å². The second-order valence-electron chi connectivity index (χ2n) is 7.56. The summed E-state index contributed by atoms with van der Waals surface area (Å²) in [5.41, 5.74) is 5.85. The standard InChI is InChI=1S/C18H26N6O/c1-11-8-14(11)15-7-6-13(25-15)9-24(12-4-5-12)10-16-20-17(19)22-18(21-16)23(2)3/h6-7,11-12,14H,4-5,8-10H2,1-3H3,(H2,19,20,21,22)/t11-,14+/m0/s1. The van der Waals surface area contributed by atoms with Crippen LogP contribution in [0.1, 0.15) is 49.4 Å². The first kappa shape index (κ1) is 16.3. The summed E-state index contributed by atoms with van der Waals surface area (Å²) in [4.78, 5) is 17.2. The molecule has 2 aromatic heterocycles. The van der Waals surface area contributed by atoms with Gasteiger partial charge in [0.2, 0.25) is 11.9 Å². The van der Waals surface area contributed by atoms with Gasteiger partial charge in [-0.05, 0) is 37.3 Å². The molecule has 2 saturated carbocycles. The van der Waals surface area contributed by atoms with Crippen molar-refractivity contribution < 1.29 is 4.42 Å². The Morgan fingerprint density at radius 2 is 1.92 bits per heavy atom. The van der Waals surface area contributed by atoms with Crippen LogP contribution in [0.25, 0.3) is 0 Å². The van der Waals surface area contributed by atoms with E-state index in [1.54, 1.807) is 0 Å². The molecule has 2 fully saturated rings. The molecule has 0 aliphatic heterocycles. The van der Waals surface area contributed by atoms with Crippen LogP contribution in [0.2, 0.25) is 0 Å². The lowest BCUT2D eigenvalue weighted by Crippen LogP contribution is -2.27. The Morgan fingerprint density at radius 3 is 2.56 bits per heavy atom. The fourth-order valence-corrected chi connectivity index (χ4v) is 3.23. The molecule has 7 heteroatoms. The fraction of sp³-hybridized carbons (Fsp3) is 0.611. The van der Waals surface area contributed by atoms with Crippen LogP contribution in [0.3, 0.4) is 0 Å². The van der Waals surface area contributed by atoms with Crippen LogP contribution in [0, 0.1) is 5.92 Å². The van der Waals surface area contributed by atoms with Gasteiger partial charge in [0.05, 0.1) is 13.1 Å². The maximum Gasteiger partial charge on any atom is 0.229 e. The average molecular weight is 342 g/mol. The molecule has 2 aromatic rings. The summed E-state index contributed by atoms with van der Waals surface area (Å²) in [7, 11) is 3.81. The van der Waals surface area contributed by atoms with Gasteiger partial charge < -0.3 is 15.1 Å². The molecule has 0 amide bonds. The quantitative estimate of drug-likeness (QED) is 0.827. The van der Waals surface area contributed by atoms with E-state index >= 15 is 0 Å². The Hall–Kier alpha value is -2.15. The number of anilines is 2. The van der Waals surface area contributed by atoms with E-state index in [9.17, 15) is 0 Å². The van der Waals surface area contributed by atoms with E-state index in [1.165, 1.54) is 19.3 Å². The van der Waals surface area contributed by atoms with Crippen LogP contribution < -0.4 is 10.6 Å². The number of nitrogens with zero attached hydrogens (tertiary/aromatic N) is 5. The Kier molecular flexibility index (Phi) is 4.11. The van der Waals surface area contributed by atoms with Crippen molar-refractivity contribution >= 4 is 11.9 Å². The number of aromatic nitrogens is 3. The van der Waals surface area contributed by atoms with Crippen molar-refractivity contribution in [3.05, 3.63) is 29.5 Å². The van der Waals surface area contributed by atoms with Crippen molar-refractivity contribution in [2.45, 2.75) is 51.2 Å². The third-order valence-electron chi connectivity index (χ3n) is 5.01. The number of rotatable bonds is 7. The molecule has 0 saturated heterocycles. The lowest BCUT2D eigenvalue weighted by atomic mass is 10.3. The molecular formula is C18H26N6O. The van der Waals surface area contributed by atoms with E-state index in [-0.39, 0.29) is 5.95 Å². The van der Waals surface area contributed by atoms with E-state index < -0.39 is 0 Å². The summed E-state index contributed by atoms with van der Waals surface area (Å²) in [6.07, 6.45) is 3.68. The molecule has 0 radical (unpaired) electrons. The van der Waals surface area contributed by atoms with Gasteiger partial charge in [0.1, 0.15) is 17.3 Å². The highest BCUT2D eigenvalue weighted by Crippen LogP contribution is 2.47. The smallest absolute Gasteiger partial charge is 0.229 e. The summed E-state index contributed by atoms with van der Waals surface area (Å²) in [6, 6.07) is 4.83. The van der Waals surface area contributed by atoms with Crippen LogP contribution in [-0.2, 0) is 13.1 Å². The van der Waals surface area contributed by atoms with Gasteiger partial charge in [-0.25, -0.2) is 0 Å². The van der Waals surface area contributed by atoms with Crippen LogP contribution in [0.15, 0.2) is 16.5 Å². The van der Waals surface area contributed by atoms with E-state index in [2.05, 4.69) is 38.9 Å². The van der Waals surface area contributed by atoms with Gasteiger partial charge in [0.25, 0.3) is 0 Å². The molecule has 4 rings (SSSR count). The zero-order valence-corrected chi connectivity index (χ0v) is 15.1. The SMILES string of the molecule is C[C@H]1C[C@H]1c1ccc(CN(Cc2nc(N)nc(N(C)C)n2)C2CC2)o1. The second-order valence-corrected chi connectivity index (χ2v) is 7.56. The lowest BCUT2D eigenvalue weighted by Gasteiger charge is -2.20. The first-order chi connectivity index (χ1) is 12.0. The Bertz CT molecular complexity index is 754. The van der Waals surface area contributed by atoms with Crippen molar-refractivity contribution in [1.82, 2.24) is 19.9 Å². The number of nitrogen functional groups attached to an aromatic ring is 1. The summed E-state index contributed by atoms with van der Waals surface area (Å²) >= 11 is 0. The van der Waals surface area contributed by atoms with Gasteiger partial charge in [-0.15, -0.1) is 0 Å². The average Bonchev–Trinajstić information content (AvgIpc) is 3.47. The molecule has 2 atom stereocenters. The monoisotopic (exact) mass is 342 g/mol. The summed E-state index contributed by atoms with van der Waals surface area (Å²) in [5.74, 6) is 5.12. The first-order valence-electron chi connectivity index (χ1n) is 9.00. The zero-order valence-electron chi connectivity index (χ0n) is 15.1. The molecule has 134 valence electrons. The van der Waals surface area contributed by atoms with Gasteiger partial charge in [-0.2, -0.15) is 15.0 Å². The molecule has 0 unspecified atom stereocenters. The highest BCUT2D eigenvalue weighted by molar-refractivity contribution is 5.32. The van der Waals surface area contributed by atoms with Crippen LogP contribution in [-0.4, -0.2) is 40.0 Å². The Morgan fingerprint density at radius 1 is 1.16 bits per heavy atom. The molecule has 2 N–H and O–H groups in total. The number of furan rings is 1. The van der Waals surface area contributed by atoms with E-state index in [0.29, 0.717) is 30.3 Å². The van der Waals surface area contributed by atoms with Crippen LogP contribution in [0.4, 0.5) is 11.9 Å². The minimum atomic E-state index is 0.271. The van der Waals surface area contributed by atoms with Gasteiger partial charge in [0, 0.05) is 26.1 Å². The van der Waals surface area contributed by atoms with Crippen molar-refractivity contribution in [3.63, 3.8) is 0 Å². The predicted molar refractivity (Wildman–Crippen MR) is 96.1 cm³/mol. The van der Waals surface area contributed by atoms with Gasteiger partial charge in [-0.1, -0.05) is 6.92 Å². The van der Waals surface area contributed by atoms with Gasteiger partial charge >= 0.3 is 0 Å². The molecule has 2 aliphatic carbocycles. The highest BCUT2D eigenvalue weighted by Gasteiger charge is 2.37. The fourth-order valence-electron chi connectivity index (χ4n) is 3.23. The second kappa shape index (κ2) is 6.29. The zero-order chi connectivity index (χ0) is 17.6. The van der Waals surface area contributed by atoms with Crippen molar-refractivity contribution in [1.29, 1.82) is 0 Å². The lowest BCUT2D eigenvalue weighted by molar-refractivity contribution is 0.217. The predicted octanol–water partition coefficient (Wildman–Crippen LogP) is 2.40.